The summed E-state index contributed by atoms with van der Waals surface area (Å²) in [5, 5.41) is 3.51. The van der Waals surface area contributed by atoms with E-state index in [1.54, 1.807) is 6.20 Å². The molecular formula is C12H19N3. The van der Waals surface area contributed by atoms with Gasteiger partial charge in [0.2, 0.25) is 0 Å². The van der Waals surface area contributed by atoms with Crippen LogP contribution in [0, 0.1) is 5.41 Å². The van der Waals surface area contributed by atoms with Gasteiger partial charge in [-0.15, -0.1) is 0 Å². The van der Waals surface area contributed by atoms with Gasteiger partial charge in [-0.3, -0.25) is 0 Å². The van der Waals surface area contributed by atoms with E-state index in [1.165, 1.54) is 19.3 Å². The zero-order valence-electron chi connectivity index (χ0n) is 9.46. The third kappa shape index (κ3) is 2.61. The van der Waals surface area contributed by atoms with Gasteiger partial charge in [-0.25, -0.2) is 4.98 Å². The van der Waals surface area contributed by atoms with E-state index >= 15 is 0 Å². The minimum absolute atomic E-state index is 0.485. The summed E-state index contributed by atoms with van der Waals surface area (Å²) >= 11 is 0. The number of hydrogen-bond acceptors (Lipinski definition) is 3. The number of nitrogen functional groups attached to an aromatic ring is 1. The van der Waals surface area contributed by atoms with E-state index in [9.17, 15) is 0 Å². The van der Waals surface area contributed by atoms with Crippen LogP contribution >= 0.6 is 0 Å². The van der Waals surface area contributed by atoms with Gasteiger partial charge in [0.05, 0.1) is 11.9 Å². The zero-order chi connectivity index (χ0) is 10.9. The Hall–Kier alpha value is -1.25. The fourth-order valence-electron chi connectivity index (χ4n) is 2.29. The third-order valence-corrected chi connectivity index (χ3v) is 3.13. The molecule has 0 bridgehead atoms. The fourth-order valence-corrected chi connectivity index (χ4v) is 2.29. The Morgan fingerprint density at radius 1 is 1.47 bits per heavy atom. The maximum Gasteiger partial charge on any atom is 0.123 e. The first-order valence-electron chi connectivity index (χ1n) is 5.53. The molecule has 82 valence electrons. The molecule has 0 radical (unpaired) electrons. The second-order valence-corrected chi connectivity index (χ2v) is 5.22. The van der Waals surface area contributed by atoms with Crippen LogP contribution in [0.5, 0.6) is 0 Å². The van der Waals surface area contributed by atoms with Crippen molar-refractivity contribution < 1.29 is 0 Å². The molecule has 1 aromatic heterocycles. The topological polar surface area (TPSA) is 50.9 Å². The Balaban J connectivity index is 1.96. The number of pyridine rings is 1. The number of nitrogens with one attached hydrogen (secondary N) is 1. The first-order chi connectivity index (χ1) is 7.05. The lowest BCUT2D eigenvalue weighted by Gasteiger charge is -2.18. The molecule has 1 fully saturated rings. The lowest BCUT2D eigenvalue weighted by atomic mass is 9.92. The van der Waals surface area contributed by atoms with E-state index in [2.05, 4.69) is 24.1 Å². The van der Waals surface area contributed by atoms with E-state index in [0.717, 1.165) is 5.69 Å². The molecule has 1 unspecified atom stereocenters. The minimum Gasteiger partial charge on any atom is -0.384 e. The number of nitrogens with zero attached hydrogens (tertiary/aromatic N) is 1. The van der Waals surface area contributed by atoms with Crippen LogP contribution in [-0.4, -0.2) is 11.0 Å². The van der Waals surface area contributed by atoms with Gasteiger partial charge in [0, 0.05) is 6.04 Å². The Kier molecular flexibility index (Phi) is 2.55. The third-order valence-electron chi connectivity index (χ3n) is 3.13. The number of hydrogen-bond donors (Lipinski definition) is 2. The van der Waals surface area contributed by atoms with E-state index in [1.807, 2.05) is 12.1 Å². The highest BCUT2D eigenvalue weighted by Gasteiger charge is 2.30. The van der Waals surface area contributed by atoms with Gasteiger partial charge >= 0.3 is 0 Å². The average Bonchev–Trinajstić information content (AvgIpc) is 2.50. The van der Waals surface area contributed by atoms with Crippen molar-refractivity contribution in [2.45, 2.75) is 39.2 Å². The first-order valence-corrected chi connectivity index (χ1v) is 5.53. The van der Waals surface area contributed by atoms with Crippen LogP contribution < -0.4 is 11.1 Å². The van der Waals surface area contributed by atoms with Crippen molar-refractivity contribution in [3.8, 4) is 0 Å². The van der Waals surface area contributed by atoms with Crippen molar-refractivity contribution in [1.29, 1.82) is 0 Å². The Morgan fingerprint density at radius 2 is 2.27 bits per heavy atom. The summed E-state index contributed by atoms with van der Waals surface area (Å²) in [5.74, 6) is 0.576. The molecule has 1 heterocycles. The Morgan fingerprint density at radius 3 is 2.80 bits per heavy atom. The fraction of sp³-hybridized carbons (Fsp3) is 0.583. The second kappa shape index (κ2) is 3.72. The highest BCUT2D eigenvalue weighted by molar-refractivity contribution is 5.46. The number of rotatable bonds is 2. The van der Waals surface area contributed by atoms with Gasteiger partial charge in [0.25, 0.3) is 0 Å². The van der Waals surface area contributed by atoms with Crippen molar-refractivity contribution in [3.05, 3.63) is 18.3 Å². The molecule has 1 saturated carbocycles. The van der Waals surface area contributed by atoms with Crippen LogP contribution in [0.4, 0.5) is 11.5 Å². The number of anilines is 2. The summed E-state index contributed by atoms with van der Waals surface area (Å²) < 4.78 is 0. The Labute approximate surface area is 91.1 Å². The van der Waals surface area contributed by atoms with Crippen LogP contribution in [0.25, 0.3) is 0 Å². The summed E-state index contributed by atoms with van der Waals surface area (Å²) in [6.45, 7) is 4.66. The highest BCUT2D eigenvalue weighted by atomic mass is 14.9. The average molecular weight is 205 g/mol. The highest BCUT2D eigenvalue weighted by Crippen LogP contribution is 2.38. The molecule has 1 atom stereocenters. The van der Waals surface area contributed by atoms with Crippen molar-refractivity contribution in [2.75, 3.05) is 11.1 Å². The van der Waals surface area contributed by atoms with E-state index < -0.39 is 0 Å². The first kappa shape index (κ1) is 10.3. The molecule has 3 N–H and O–H groups in total. The van der Waals surface area contributed by atoms with Crippen LogP contribution in [0.2, 0.25) is 0 Å². The molecule has 15 heavy (non-hydrogen) atoms. The molecule has 0 spiro atoms. The molecule has 3 nitrogen and oxygen atoms in total. The predicted octanol–water partition coefficient (Wildman–Crippen LogP) is 2.65. The summed E-state index contributed by atoms with van der Waals surface area (Å²) in [7, 11) is 0. The van der Waals surface area contributed by atoms with E-state index in [4.69, 9.17) is 5.73 Å². The molecule has 0 saturated heterocycles. The SMILES string of the molecule is CC1(C)CCC(Nc2ccc(N)nc2)C1. The molecule has 1 aromatic rings. The monoisotopic (exact) mass is 205 g/mol. The van der Waals surface area contributed by atoms with Gasteiger partial charge in [-0.1, -0.05) is 13.8 Å². The van der Waals surface area contributed by atoms with Gasteiger partial charge < -0.3 is 11.1 Å². The molecule has 2 rings (SSSR count). The van der Waals surface area contributed by atoms with Crippen LogP contribution in [0.15, 0.2) is 18.3 Å². The molecule has 0 aliphatic heterocycles. The van der Waals surface area contributed by atoms with Crippen molar-refractivity contribution in [2.24, 2.45) is 5.41 Å². The lowest BCUT2D eigenvalue weighted by molar-refractivity contribution is 0.378. The molecule has 1 aliphatic rings. The molecule has 0 aromatic carbocycles. The molecule has 0 amide bonds. The maximum atomic E-state index is 5.54. The van der Waals surface area contributed by atoms with Crippen molar-refractivity contribution in [3.63, 3.8) is 0 Å². The number of aromatic nitrogens is 1. The number of nitrogens with two attached hydrogens (primary N) is 1. The molecular weight excluding hydrogens is 186 g/mol. The minimum atomic E-state index is 0.485. The van der Waals surface area contributed by atoms with Gasteiger partial charge in [-0.2, -0.15) is 0 Å². The van der Waals surface area contributed by atoms with E-state index in [-0.39, 0.29) is 0 Å². The normalized spacial score (nSPS) is 24.0. The van der Waals surface area contributed by atoms with Crippen LogP contribution in [-0.2, 0) is 0 Å². The second-order valence-electron chi connectivity index (χ2n) is 5.22. The largest absolute Gasteiger partial charge is 0.384 e. The van der Waals surface area contributed by atoms with E-state index in [0.29, 0.717) is 17.3 Å². The molecule has 3 heteroatoms. The predicted molar refractivity (Wildman–Crippen MR) is 63.7 cm³/mol. The zero-order valence-corrected chi connectivity index (χ0v) is 9.46. The Bertz CT molecular complexity index is 329. The van der Waals surface area contributed by atoms with Crippen LogP contribution in [0.1, 0.15) is 33.1 Å². The van der Waals surface area contributed by atoms with Gasteiger partial charge in [0.1, 0.15) is 5.82 Å². The van der Waals surface area contributed by atoms with Crippen molar-refractivity contribution in [1.82, 2.24) is 4.98 Å². The summed E-state index contributed by atoms with van der Waals surface area (Å²) in [5.41, 5.74) is 7.10. The molecule has 1 aliphatic carbocycles. The standard InChI is InChI=1S/C12H19N3/c1-12(2)6-5-9(7-12)15-10-3-4-11(13)14-8-10/h3-4,8-9,15H,5-7H2,1-2H3,(H2,13,14). The van der Waals surface area contributed by atoms with Gasteiger partial charge in [-0.05, 0) is 36.8 Å². The smallest absolute Gasteiger partial charge is 0.123 e. The quantitative estimate of drug-likeness (QED) is 0.780. The van der Waals surface area contributed by atoms with Gasteiger partial charge in [0.15, 0.2) is 0 Å². The maximum absolute atomic E-state index is 5.54. The van der Waals surface area contributed by atoms with Crippen LogP contribution in [0.3, 0.4) is 0 Å². The lowest BCUT2D eigenvalue weighted by Crippen LogP contribution is -2.17. The summed E-state index contributed by atoms with van der Waals surface area (Å²) in [6.07, 6.45) is 5.59. The van der Waals surface area contributed by atoms with Crippen molar-refractivity contribution >= 4 is 11.5 Å². The summed E-state index contributed by atoms with van der Waals surface area (Å²) in [6, 6.07) is 4.42. The summed E-state index contributed by atoms with van der Waals surface area (Å²) in [4.78, 5) is 4.07.